The lowest BCUT2D eigenvalue weighted by molar-refractivity contribution is -0.132. The van der Waals surface area contributed by atoms with Crippen LogP contribution in [0.2, 0.25) is 0 Å². The van der Waals surface area contributed by atoms with Crippen LogP contribution in [0.1, 0.15) is 12.3 Å². The first-order valence-electron chi connectivity index (χ1n) is 7.50. The van der Waals surface area contributed by atoms with Crippen LogP contribution in [0.15, 0.2) is 29.0 Å². The predicted molar refractivity (Wildman–Crippen MR) is 81.2 cm³/mol. The summed E-state index contributed by atoms with van der Waals surface area (Å²) in [6.45, 7) is 2.31. The first kappa shape index (κ1) is 15.6. The molecule has 3 rings (SSSR count). The minimum atomic E-state index is 0.00845. The van der Waals surface area contributed by atoms with E-state index in [1.165, 1.54) is 0 Å². The number of aromatic nitrogens is 3. The van der Waals surface area contributed by atoms with E-state index in [0.717, 1.165) is 12.1 Å². The van der Waals surface area contributed by atoms with Gasteiger partial charge in [-0.05, 0) is 12.1 Å². The van der Waals surface area contributed by atoms with Crippen molar-refractivity contribution in [2.24, 2.45) is 0 Å². The third kappa shape index (κ3) is 4.11. The monoisotopic (exact) mass is 317 g/mol. The molecule has 1 unspecified atom stereocenters. The van der Waals surface area contributed by atoms with Crippen molar-refractivity contribution in [1.29, 1.82) is 0 Å². The molecule has 0 saturated carbocycles. The Bertz CT molecular complexity index is 640. The predicted octanol–water partition coefficient (Wildman–Crippen LogP) is 0.468. The zero-order chi connectivity index (χ0) is 16.1. The topological polar surface area (TPSA) is 93.4 Å². The summed E-state index contributed by atoms with van der Waals surface area (Å²) in [5.41, 5.74) is 0.778. The molecule has 1 aliphatic rings. The van der Waals surface area contributed by atoms with Crippen molar-refractivity contribution in [1.82, 2.24) is 25.3 Å². The fourth-order valence-corrected chi connectivity index (χ4v) is 2.34. The molecule has 1 saturated heterocycles. The van der Waals surface area contributed by atoms with Gasteiger partial charge in [0.2, 0.25) is 17.6 Å². The van der Waals surface area contributed by atoms with Crippen molar-refractivity contribution in [2.45, 2.75) is 19.0 Å². The van der Waals surface area contributed by atoms with Crippen molar-refractivity contribution in [2.75, 3.05) is 26.8 Å². The fourth-order valence-electron chi connectivity index (χ4n) is 2.34. The Kier molecular flexibility index (Phi) is 4.94. The summed E-state index contributed by atoms with van der Waals surface area (Å²) < 4.78 is 10.6. The fraction of sp³-hybridized carbons (Fsp3) is 0.467. The molecule has 1 aliphatic heterocycles. The molecule has 1 N–H and O–H groups in total. The largest absolute Gasteiger partial charge is 0.378 e. The number of amides is 1. The molecule has 0 aromatic carbocycles. The molecule has 1 amide bonds. The van der Waals surface area contributed by atoms with Crippen molar-refractivity contribution < 1.29 is 14.1 Å². The third-order valence-corrected chi connectivity index (χ3v) is 3.61. The van der Waals surface area contributed by atoms with E-state index in [4.69, 9.17) is 9.26 Å². The molecule has 3 heterocycles. The number of carbonyl (C=O) groups is 1. The average Bonchev–Trinajstić information content (AvgIpc) is 3.05. The first-order chi connectivity index (χ1) is 11.2. The molecule has 1 fully saturated rings. The van der Waals surface area contributed by atoms with Crippen molar-refractivity contribution >= 4 is 5.91 Å². The molecule has 8 nitrogen and oxygen atoms in total. The van der Waals surface area contributed by atoms with Gasteiger partial charge in [0.05, 0.1) is 19.8 Å². The highest BCUT2D eigenvalue weighted by Gasteiger charge is 2.20. The van der Waals surface area contributed by atoms with E-state index >= 15 is 0 Å². The van der Waals surface area contributed by atoms with Crippen LogP contribution in [0.3, 0.4) is 0 Å². The number of pyridine rings is 1. The number of rotatable bonds is 5. The molecule has 0 radical (unpaired) electrons. The molecule has 2 aromatic heterocycles. The van der Waals surface area contributed by atoms with Crippen LogP contribution >= 0.6 is 0 Å². The number of hydrogen-bond acceptors (Lipinski definition) is 7. The summed E-state index contributed by atoms with van der Waals surface area (Å²) in [5.74, 6) is 0.873. The highest BCUT2D eigenvalue weighted by molar-refractivity contribution is 5.76. The van der Waals surface area contributed by atoms with Crippen molar-refractivity contribution in [3.05, 3.63) is 30.4 Å². The van der Waals surface area contributed by atoms with Crippen LogP contribution in [0.4, 0.5) is 0 Å². The van der Waals surface area contributed by atoms with Crippen LogP contribution in [-0.4, -0.2) is 58.8 Å². The van der Waals surface area contributed by atoms with E-state index in [9.17, 15) is 4.79 Å². The van der Waals surface area contributed by atoms with Gasteiger partial charge in [0.25, 0.3) is 0 Å². The van der Waals surface area contributed by atoms with Crippen LogP contribution in [0.5, 0.6) is 0 Å². The minimum absolute atomic E-state index is 0.00845. The van der Waals surface area contributed by atoms with Gasteiger partial charge in [0.1, 0.15) is 0 Å². The summed E-state index contributed by atoms with van der Waals surface area (Å²) in [4.78, 5) is 22.1. The Labute approximate surface area is 133 Å². The second kappa shape index (κ2) is 7.30. The summed E-state index contributed by atoms with van der Waals surface area (Å²) >= 11 is 0. The molecule has 0 aliphatic carbocycles. The van der Waals surface area contributed by atoms with Crippen molar-refractivity contribution in [3.8, 4) is 11.4 Å². The maximum Gasteiger partial charge on any atom is 0.246 e. The lowest BCUT2D eigenvalue weighted by Gasteiger charge is -2.25. The van der Waals surface area contributed by atoms with Crippen LogP contribution in [0.25, 0.3) is 11.4 Å². The minimum Gasteiger partial charge on any atom is -0.378 e. The van der Waals surface area contributed by atoms with E-state index in [-0.39, 0.29) is 18.5 Å². The van der Waals surface area contributed by atoms with Gasteiger partial charge in [-0.1, -0.05) is 5.16 Å². The van der Waals surface area contributed by atoms with Gasteiger partial charge in [-0.2, -0.15) is 4.98 Å². The maximum atomic E-state index is 12.2. The Morgan fingerprint density at radius 2 is 2.43 bits per heavy atom. The molecule has 2 aromatic rings. The van der Waals surface area contributed by atoms with Gasteiger partial charge < -0.3 is 19.5 Å². The van der Waals surface area contributed by atoms with E-state index in [0.29, 0.717) is 31.3 Å². The van der Waals surface area contributed by atoms with Crippen LogP contribution < -0.4 is 5.32 Å². The lowest BCUT2D eigenvalue weighted by atomic mass is 10.2. The maximum absolute atomic E-state index is 12.2. The lowest BCUT2D eigenvalue weighted by Crippen LogP contribution is -2.44. The zero-order valence-electron chi connectivity index (χ0n) is 12.9. The molecular weight excluding hydrogens is 298 g/mol. The Morgan fingerprint density at radius 1 is 1.52 bits per heavy atom. The number of ether oxygens (including phenoxy) is 1. The normalized spacial score (nSPS) is 17.9. The number of carbonyl (C=O) groups excluding carboxylic acids is 1. The van der Waals surface area contributed by atoms with E-state index < -0.39 is 0 Å². The van der Waals surface area contributed by atoms with Gasteiger partial charge in [0, 0.05) is 44.0 Å². The Morgan fingerprint density at radius 3 is 3.17 bits per heavy atom. The summed E-state index contributed by atoms with van der Waals surface area (Å²) in [6.07, 6.45) is 3.73. The highest BCUT2D eigenvalue weighted by atomic mass is 16.5. The SMILES string of the molecule is CN(Cc1nc(-c2cccnc2)no1)C(=O)CC1COCCN1. The van der Waals surface area contributed by atoms with Crippen LogP contribution in [-0.2, 0) is 16.1 Å². The second-order valence-corrected chi connectivity index (χ2v) is 5.43. The Hall–Kier alpha value is -2.32. The van der Waals surface area contributed by atoms with Gasteiger partial charge in [0.15, 0.2) is 0 Å². The van der Waals surface area contributed by atoms with Crippen molar-refractivity contribution in [3.63, 3.8) is 0 Å². The number of nitrogens with one attached hydrogen (secondary N) is 1. The standard InChI is InChI=1S/C15H19N5O3/c1-20(14(21)7-12-10-22-6-5-17-12)9-13-18-15(19-23-13)11-3-2-4-16-8-11/h2-4,8,12,17H,5-7,9-10H2,1H3. The summed E-state index contributed by atoms with van der Waals surface area (Å²) in [6, 6.07) is 3.72. The second-order valence-electron chi connectivity index (χ2n) is 5.43. The smallest absolute Gasteiger partial charge is 0.246 e. The molecule has 23 heavy (non-hydrogen) atoms. The number of hydrogen-bond donors (Lipinski definition) is 1. The molecule has 122 valence electrons. The molecule has 1 atom stereocenters. The Balaban J connectivity index is 1.56. The molecule has 0 bridgehead atoms. The highest BCUT2D eigenvalue weighted by Crippen LogP contribution is 2.14. The quantitative estimate of drug-likeness (QED) is 0.856. The molecule has 0 spiro atoms. The van der Waals surface area contributed by atoms with E-state index in [1.807, 2.05) is 6.07 Å². The van der Waals surface area contributed by atoms with E-state index in [2.05, 4.69) is 20.4 Å². The van der Waals surface area contributed by atoms with Crippen LogP contribution in [0, 0.1) is 0 Å². The average molecular weight is 317 g/mol. The molecular formula is C15H19N5O3. The third-order valence-electron chi connectivity index (χ3n) is 3.61. The number of morpholine rings is 1. The van der Waals surface area contributed by atoms with Gasteiger partial charge in [-0.25, -0.2) is 0 Å². The van der Waals surface area contributed by atoms with E-state index in [1.54, 1.807) is 30.4 Å². The molecule has 8 heteroatoms. The summed E-state index contributed by atoms with van der Waals surface area (Å²) in [7, 11) is 1.72. The van der Waals surface area contributed by atoms with Gasteiger partial charge in [-0.3, -0.25) is 9.78 Å². The first-order valence-corrected chi connectivity index (χ1v) is 7.50. The summed E-state index contributed by atoms with van der Waals surface area (Å²) in [5, 5.41) is 7.18. The number of nitrogens with zero attached hydrogens (tertiary/aromatic N) is 4. The van der Waals surface area contributed by atoms with Gasteiger partial charge >= 0.3 is 0 Å². The van der Waals surface area contributed by atoms with Gasteiger partial charge in [-0.15, -0.1) is 0 Å². The zero-order valence-corrected chi connectivity index (χ0v) is 12.9.